The van der Waals surface area contributed by atoms with Crippen molar-refractivity contribution in [3.05, 3.63) is 219 Å². The molecule has 8 rings (SSSR count). The van der Waals surface area contributed by atoms with Gasteiger partial charge in [0.1, 0.15) is 16.4 Å². The first-order valence-corrected chi connectivity index (χ1v) is 19.4. The van der Waals surface area contributed by atoms with Crippen LogP contribution >= 0.6 is 11.3 Å². The first kappa shape index (κ1) is 37.3. The second kappa shape index (κ2) is 17.9. The zero-order chi connectivity index (χ0) is 38.7. The van der Waals surface area contributed by atoms with Crippen LogP contribution in [0.2, 0.25) is 0 Å². The van der Waals surface area contributed by atoms with E-state index in [2.05, 4.69) is 151 Å². The predicted molar refractivity (Wildman–Crippen MR) is 241 cm³/mol. The average Bonchev–Trinajstić information content (AvgIpc) is 3.73. The molecule has 0 unspecified atom stereocenters. The minimum absolute atomic E-state index is 0.351. The lowest BCUT2D eigenvalue weighted by atomic mass is 10.1. The summed E-state index contributed by atoms with van der Waals surface area (Å²) < 4.78 is 1.07. The van der Waals surface area contributed by atoms with Crippen molar-refractivity contribution in [2.75, 3.05) is 14.7 Å². The van der Waals surface area contributed by atoms with Gasteiger partial charge in [-0.05, 0) is 79.2 Å². The Morgan fingerprint density at radius 2 is 0.946 bits per heavy atom. The summed E-state index contributed by atoms with van der Waals surface area (Å²) in [5.74, 6) is 0.351. The van der Waals surface area contributed by atoms with Gasteiger partial charge in [0.15, 0.2) is 0 Å². The maximum atomic E-state index is 9.00. The number of benzene rings is 7. The van der Waals surface area contributed by atoms with Crippen molar-refractivity contribution in [1.29, 1.82) is 5.41 Å². The van der Waals surface area contributed by atoms with Crippen molar-refractivity contribution in [3.8, 4) is 10.6 Å². The Balaban J connectivity index is 0.00000115. The van der Waals surface area contributed by atoms with Crippen LogP contribution in [-0.4, -0.2) is 10.8 Å². The van der Waals surface area contributed by atoms with E-state index < -0.39 is 0 Å². The number of allylic oxidation sites excluding steroid dienone is 1. The maximum absolute atomic E-state index is 9.00. The maximum Gasteiger partial charge on any atom is 0.136 e. The minimum Gasteiger partial charge on any atom is -0.309 e. The highest BCUT2D eigenvalue weighted by molar-refractivity contribution is 7.22. The van der Waals surface area contributed by atoms with Gasteiger partial charge in [0.25, 0.3) is 0 Å². The first-order valence-electron chi connectivity index (χ1n) is 18.6. The molecule has 1 heterocycles. The Bertz CT molecular complexity index is 2300. The molecule has 0 aliphatic heterocycles. The fraction of sp³-hybridized carbons (Fsp3) is 0.0400. The molecule has 0 saturated heterocycles. The molecule has 0 aliphatic carbocycles. The number of para-hydroxylation sites is 5. The Morgan fingerprint density at radius 3 is 1.36 bits per heavy atom. The van der Waals surface area contributed by atoms with E-state index in [1.165, 1.54) is 0 Å². The molecule has 0 saturated carbocycles. The number of anilines is 7. The highest BCUT2D eigenvalue weighted by Crippen LogP contribution is 2.48. The molecule has 0 atom stereocenters. The monoisotopic (exact) mass is 745 g/mol. The molecule has 6 heteroatoms. The van der Waals surface area contributed by atoms with Crippen LogP contribution < -0.4 is 14.7 Å². The number of thiazole rings is 1. The lowest BCUT2D eigenvalue weighted by Crippen LogP contribution is -2.24. The molecule has 0 spiro atoms. The second-order valence-electron chi connectivity index (χ2n) is 12.8. The number of nitrogens with zero attached hydrogens (tertiary/aromatic N) is 4. The third-order valence-corrected chi connectivity index (χ3v) is 10.3. The van der Waals surface area contributed by atoms with Gasteiger partial charge in [-0.1, -0.05) is 135 Å². The van der Waals surface area contributed by atoms with Crippen LogP contribution in [0.3, 0.4) is 0 Å². The molecular formula is C50H43N5S. The van der Waals surface area contributed by atoms with E-state index in [0.717, 1.165) is 72.6 Å². The van der Waals surface area contributed by atoms with Crippen LogP contribution in [-0.2, 0) is 0 Å². The first-order chi connectivity index (χ1) is 27.6. The number of nitrogens with one attached hydrogen (secondary N) is 1. The largest absolute Gasteiger partial charge is 0.309 e. The van der Waals surface area contributed by atoms with Crippen molar-refractivity contribution in [3.63, 3.8) is 0 Å². The van der Waals surface area contributed by atoms with Crippen LogP contribution in [0.1, 0.15) is 18.9 Å². The molecule has 0 fully saturated rings. The molecule has 1 aromatic heterocycles. The molecule has 0 amide bonds. The Hall–Kier alpha value is -7.02. The van der Waals surface area contributed by atoms with Crippen LogP contribution in [0, 0.1) is 5.41 Å². The normalized spacial score (nSPS) is 10.5. The van der Waals surface area contributed by atoms with Crippen molar-refractivity contribution in [1.82, 2.24) is 4.98 Å². The number of hydrogen-bond acceptors (Lipinski definition) is 5. The van der Waals surface area contributed by atoms with Crippen molar-refractivity contribution >= 4 is 67.2 Å². The second-order valence-corrected chi connectivity index (χ2v) is 13.8. The SMILES string of the molecule is C=CCC.C=CN(C(=N)c1ccc(-c2nc3c(N(c4ccccc4)c4ccccc4)ccc(N(c4ccccc4)c4ccccc4)c3s2)cc1)c1ccccc1. The summed E-state index contributed by atoms with van der Waals surface area (Å²) in [7, 11) is 0. The molecule has 274 valence electrons. The van der Waals surface area contributed by atoms with Gasteiger partial charge in [-0.25, -0.2) is 4.98 Å². The van der Waals surface area contributed by atoms with Gasteiger partial charge in [0, 0.05) is 45.8 Å². The fourth-order valence-corrected chi connectivity index (χ4v) is 7.54. The molecule has 7 aromatic carbocycles. The van der Waals surface area contributed by atoms with Gasteiger partial charge in [-0.2, -0.15) is 0 Å². The summed E-state index contributed by atoms with van der Waals surface area (Å²) in [6, 6.07) is 64.2. The molecule has 0 radical (unpaired) electrons. The Kier molecular flexibility index (Phi) is 11.9. The lowest BCUT2D eigenvalue weighted by molar-refractivity contribution is 1.23. The number of aromatic nitrogens is 1. The topological polar surface area (TPSA) is 46.5 Å². The molecule has 5 nitrogen and oxygen atoms in total. The smallest absolute Gasteiger partial charge is 0.136 e. The zero-order valence-corrected chi connectivity index (χ0v) is 32.2. The van der Waals surface area contributed by atoms with E-state index in [4.69, 9.17) is 10.4 Å². The molecule has 56 heavy (non-hydrogen) atoms. The summed E-state index contributed by atoms with van der Waals surface area (Å²) in [6.45, 7) is 9.52. The highest BCUT2D eigenvalue weighted by Gasteiger charge is 2.24. The number of amidine groups is 1. The summed E-state index contributed by atoms with van der Waals surface area (Å²) >= 11 is 1.68. The molecular weight excluding hydrogens is 703 g/mol. The third kappa shape index (κ3) is 8.06. The van der Waals surface area contributed by atoms with Crippen LogP contribution in [0.4, 0.5) is 39.8 Å². The van der Waals surface area contributed by atoms with E-state index in [0.29, 0.717) is 5.84 Å². The van der Waals surface area contributed by atoms with Crippen LogP contribution in [0.15, 0.2) is 213 Å². The average molecular weight is 746 g/mol. The standard InChI is InChI=1S/C46H35N5S.C4H8/c1-2-49(36-18-8-3-9-19-36)45(47)34-28-30-35(31-29-34)46-48-43-41(50(37-20-10-4-11-21-37)38-22-12-5-13-23-38)32-33-42(44(43)52-46)51(39-24-14-6-15-25-39)40-26-16-7-17-27-40;1-3-4-2/h2-33,47H,1H2;3H,1,4H2,2H3. The van der Waals surface area contributed by atoms with Crippen molar-refractivity contribution < 1.29 is 0 Å². The Morgan fingerprint density at radius 1 is 0.554 bits per heavy atom. The lowest BCUT2D eigenvalue weighted by Gasteiger charge is -2.29. The number of fused-ring (bicyclic) bond motifs is 1. The van der Waals surface area contributed by atoms with Gasteiger partial charge >= 0.3 is 0 Å². The predicted octanol–water partition coefficient (Wildman–Crippen LogP) is 14.5. The van der Waals surface area contributed by atoms with Gasteiger partial charge in [-0.3, -0.25) is 5.41 Å². The van der Waals surface area contributed by atoms with Crippen molar-refractivity contribution in [2.45, 2.75) is 13.3 Å². The molecule has 0 bridgehead atoms. The summed E-state index contributed by atoms with van der Waals surface area (Å²) in [4.78, 5) is 11.8. The van der Waals surface area contributed by atoms with Crippen LogP contribution in [0.5, 0.6) is 0 Å². The van der Waals surface area contributed by atoms with Crippen molar-refractivity contribution in [2.24, 2.45) is 0 Å². The zero-order valence-electron chi connectivity index (χ0n) is 31.4. The van der Waals surface area contributed by atoms with Gasteiger partial charge < -0.3 is 14.7 Å². The molecule has 0 aliphatic rings. The summed E-state index contributed by atoms with van der Waals surface area (Å²) in [6.07, 6.45) is 4.64. The van der Waals surface area contributed by atoms with E-state index in [1.807, 2.05) is 72.8 Å². The number of rotatable bonds is 11. The third-order valence-electron chi connectivity index (χ3n) is 9.19. The summed E-state index contributed by atoms with van der Waals surface area (Å²) in [5.41, 5.74) is 9.82. The fourth-order valence-electron chi connectivity index (χ4n) is 6.45. The molecule has 8 aromatic rings. The van der Waals surface area contributed by atoms with Gasteiger partial charge in [0.05, 0.1) is 16.1 Å². The minimum atomic E-state index is 0.351. The van der Waals surface area contributed by atoms with Gasteiger partial charge in [0.2, 0.25) is 0 Å². The van der Waals surface area contributed by atoms with Gasteiger partial charge in [-0.15, -0.1) is 17.9 Å². The highest BCUT2D eigenvalue weighted by atomic mass is 32.1. The van der Waals surface area contributed by atoms with E-state index in [9.17, 15) is 0 Å². The summed E-state index contributed by atoms with van der Waals surface area (Å²) in [5, 5.41) is 9.89. The molecule has 1 N–H and O–H groups in total. The van der Waals surface area contributed by atoms with E-state index >= 15 is 0 Å². The van der Waals surface area contributed by atoms with Crippen LogP contribution in [0.25, 0.3) is 20.8 Å². The van der Waals surface area contributed by atoms with E-state index in [-0.39, 0.29) is 0 Å². The Labute approximate surface area is 333 Å². The quantitative estimate of drug-likeness (QED) is 0.0813. The van der Waals surface area contributed by atoms with E-state index in [1.54, 1.807) is 22.4 Å². The number of hydrogen-bond donors (Lipinski definition) is 1.